The SMILES string of the molecule is CCOCc1cc(OC)c(-c2ccc(C(C)(C)C(N)C(=O)O)c3ccc(C)nc23)c(OC)c1. The van der Waals surface area contributed by atoms with Crippen molar-refractivity contribution >= 4 is 16.9 Å². The summed E-state index contributed by atoms with van der Waals surface area (Å²) in [6, 6.07) is 10.5. The molecule has 0 saturated carbocycles. The van der Waals surface area contributed by atoms with E-state index in [1.165, 1.54) is 0 Å². The minimum absolute atomic E-state index is 0.446. The number of aliphatic carboxylic acids is 1. The third-order valence-electron chi connectivity index (χ3n) is 6.04. The molecular weight excluding hydrogens is 420 g/mol. The zero-order chi connectivity index (χ0) is 24.3. The monoisotopic (exact) mass is 452 g/mol. The minimum Gasteiger partial charge on any atom is -0.496 e. The van der Waals surface area contributed by atoms with Crippen LogP contribution in [0, 0.1) is 6.92 Å². The Kier molecular flexibility index (Phi) is 7.25. The highest BCUT2D eigenvalue weighted by Gasteiger charge is 2.35. The average molecular weight is 453 g/mol. The molecule has 0 aliphatic rings. The second-order valence-corrected chi connectivity index (χ2v) is 8.56. The summed E-state index contributed by atoms with van der Waals surface area (Å²) in [5.74, 6) is 0.233. The zero-order valence-corrected chi connectivity index (χ0v) is 20.1. The van der Waals surface area contributed by atoms with Gasteiger partial charge in [-0.2, -0.15) is 0 Å². The lowest BCUT2D eigenvalue weighted by Gasteiger charge is -2.31. The Bertz CT molecular complexity index is 1150. The van der Waals surface area contributed by atoms with Crippen LogP contribution in [0.25, 0.3) is 22.0 Å². The topological polar surface area (TPSA) is 104 Å². The van der Waals surface area contributed by atoms with Gasteiger partial charge in [0.05, 0.1) is 31.9 Å². The largest absolute Gasteiger partial charge is 0.496 e. The van der Waals surface area contributed by atoms with Crippen molar-refractivity contribution in [3.8, 4) is 22.6 Å². The number of hydrogen-bond donors (Lipinski definition) is 2. The lowest BCUT2D eigenvalue weighted by molar-refractivity contribution is -0.140. The summed E-state index contributed by atoms with van der Waals surface area (Å²) in [4.78, 5) is 16.5. The number of aryl methyl sites for hydroxylation is 1. The van der Waals surface area contributed by atoms with E-state index in [0.717, 1.165) is 38.9 Å². The first kappa shape index (κ1) is 24.5. The normalized spacial score (nSPS) is 12.6. The first-order valence-corrected chi connectivity index (χ1v) is 10.9. The molecular formula is C26H32N2O5. The molecule has 1 heterocycles. The number of hydrogen-bond acceptors (Lipinski definition) is 6. The molecule has 0 amide bonds. The molecule has 0 bridgehead atoms. The Morgan fingerprint density at radius 3 is 2.30 bits per heavy atom. The van der Waals surface area contributed by atoms with Crippen molar-refractivity contribution in [3.05, 3.63) is 53.2 Å². The van der Waals surface area contributed by atoms with Gasteiger partial charge in [0.15, 0.2) is 0 Å². The summed E-state index contributed by atoms with van der Waals surface area (Å²) in [7, 11) is 3.24. The molecule has 3 aromatic rings. The number of nitrogens with two attached hydrogens (primary N) is 1. The van der Waals surface area contributed by atoms with Crippen LogP contribution in [0.1, 0.15) is 37.6 Å². The number of ether oxygens (including phenoxy) is 3. The first-order chi connectivity index (χ1) is 15.6. The number of methoxy groups -OCH3 is 2. The maximum Gasteiger partial charge on any atom is 0.321 e. The van der Waals surface area contributed by atoms with E-state index in [1.54, 1.807) is 14.2 Å². The fourth-order valence-electron chi connectivity index (χ4n) is 4.09. The number of nitrogens with zero attached hydrogens (tertiary/aromatic N) is 1. The summed E-state index contributed by atoms with van der Waals surface area (Å²) in [6.07, 6.45) is 0. The number of carboxylic acid groups (broad SMARTS) is 1. The predicted octanol–water partition coefficient (Wildman–Crippen LogP) is 4.45. The van der Waals surface area contributed by atoms with E-state index in [0.29, 0.717) is 24.7 Å². The molecule has 0 fully saturated rings. The van der Waals surface area contributed by atoms with Crippen molar-refractivity contribution in [1.29, 1.82) is 0 Å². The molecule has 1 unspecified atom stereocenters. The number of pyridine rings is 1. The summed E-state index contributed by atoms with van der Waals surface area (Å²) in [5.41, 5.74) is 10.2. The van der Waals surface area contributed by atoms with Gasteiger partial charge < -0.3 is 25.1 Å². The fraction of sp³-hybridized carbons (Fsp3) is 0.385. The maximum atomic E-state index is 11.7. The van der Waals surface area contributed by atoms with Crippen LogP contribution >= 0.6 is 0 Å². The smallest absolute Gasteiger partial charge is 0.321 e. The average Bonchev–Trinajstić information content (AvgIpc) is 2.80. The molecule has 0 aliphatic carbocycles. The number of carboxylic acids is 1. The van der Waals surface area contributed by atoms with Gasteiger partial charge in [-0.25, -0.2) is 0 Å². The summed E-state index contributed by atoms with van der Waals surface area (Å²) < 4.78 is 17.1. The minimum atomic E-state index is -1.07. The van der Waals surface area contributed by atoms with Gasteiger partial charge in [0.25, 0.3) is 0 Å². The fourth-order valence-corrected chi connectivity index (χ4v) is 4.09. The lowest BCUT2D eigenvalue weighted by Crippen LogP contribution is -2.46. The molecule has 176 valence electrons. The zero-order valence-electron chi connectivity index (χ0n) is 20.1. The van der Waals surface area contributed by atoms with Gasteiger partial charge in [-0.1, -0.05) is 32.0 Å². The van der Waals surface area contributed by atoms with Crippen molar-refractivity contribution in [2.24, 2.45) is 5.73 Å². The Morgan fingerprint density at radius 2 is 1.76 bits per heavy atom. The second-order valence-electron chi connectivity index (χ2n) is 8.56. The highest BCUT2D eigenvalue weighted by atomic mass is 16.5. The summed E-state index contributed by atoms with van der Waals surface area (Å²) in [5, 5.41) is 10.4. The third kappa shape index (κ3) is 4.65. The molecule has 7 heteroatoms. The van der Waals surface area contributed by atoms with E-state index in [-0.39, 0.29) is 0 Å². The van der Waals surface area contributed by atoms with Crippen LogP contribution in [0.5, 0.6) is 11.5 Å². The molecule has 1 aromatic heterocycles. The third-order valence-corrected chi connectivity index (χ3v) is 6.04. The van der Waals surface area contributed by atoms with Gasteiger partial charge >= 0.3 is 5.97 Å². The van der Waals surface area contributed by atoms with Gasteiger partial charge in [0.1, 0.15) is 17.5 Å². The predicted molar refractivity (Wildman–Crippen MR) is 129 cm³/mol. The number of rotatable bonds is 9. The number of carbonyl (C=O) groups is 1. The van der Waals surface area contributed by atoms with Crippen LogP contribution < -0.4 is 15.2 Å². The van der Waals surface area contributed by atoms with E-state index < -0.39 is 17.4 Å². The van der Waals surface area contributed by atoms with Crippen molar-refractivity contribution in [3.63, 3.8) is 0 Å². The van der Waals surface area contributed by atoms with Crippen molar-refractivity contribution < 1.29 is 24.1 Å². The van der Waals surface area contributed by atoms with Gasteiger partial charge in [-0.3, -0.25) is 9.78 Å². The highest BCUT2D eigenvalue weighted by Crippen LogP contribution is 2.44. The van der Waals surface area contributed by atoms with E-state index in [1.807, 2.05) is 64.1 Å². The Labute approximate surface area is 194 Å². The first-order valence-electron chi connectivity index (χ1n) is 10.9. The molecule has 1 atom stereocenters. The van der Waals surface area contributed by atoms with Crippen LogP contribution in [0.15, 0.2) is 36.4 Å². The van der Waals surface area contributed by atoms with Crippen LogP contribution in [0.4, 0.5) is 0 Å². The molecule has 2 aromatic carbocycles. The Hall–Kier alpha value is -3.16. The molecule has 33 heavy (non-hydrogen) atoms. The molecule has 0 saturated heterocycles. The van der Waals surface area contributed by atoms with Gasteiger partial charge in [-0.05, 0) is 43.2 Å². The highest BCUT2D eigenvalue weighted by molar-refractivity contribution is 5.99. The van der Waals surface area contributed by atoms with Gasteiger partial charge in [0, 0.05) is 28.7 Å². The molecule has 3 rings (SSSR count). The molecule has 0 aliphatic heterocycles. The standard InChI is InChI=1S/C26H32N2O5/c1-7-33-14-16-12-20(31-5)22(21(13-16)32-6)18-10-11-19(26(3,4)24(27)25(29)30)17-9-8-15(2)28-23(17)18/h8-13,24H,7,14,27H2,1-6H3,(H,29,30). The summed E-state index contributed by atoms with van der Waals surface area (Å²) in [6.45, 7) is 8.59. The van der Waals surface area contributed by atoms with Gasteiger partial charge in [-0.15, -0.1) is 0 Å². The van der Waals surface area contributed by atoms with Gasteiger partial charge in [0.2, 0.25) is 0 Å². The van der Waals surface area contributed by atoms with Crippen molar-refractivity contribution in [1.82, 2.24) is 4.98 Å². The second kappa shape index (κ2) is 9.77. The van der Waals surface area contributed by atoms with Crippen LogP contribution in [-0.2, 0) is 21.6 Å². The van der Waals surface area contributed by atoms with E-state index in [9.17, 15) is 9.90 Å². The lowest BCUT2D eigenvalue weighted by atomic mass is 9.75. The molecule has 0 spiro atoms. The summed E-state index contributed by atoms with van der Waals surface area (Å²) >= 11 is 0. The molecule has 0 radical (unpaired) electrons. The van der Waals surface area contributed by atoms with Crippen LogP contribution in [0.3, 0.4) is 0 Å². The van der Waals surface area contributed by atoms with Crippen LogP contribution in [-0.4, -0.2) is 42.9 Å². The Balaban J connectivity index is 2.32. The molecule has 7 nitrogen and oxygen atoms in total. The quantitative estimate of drug-likeness (QED) is 0.494. The van der Waals surface area contributed by atoms with E-state index >= 15 is 0 Å². The van der Waals surface area contributed by atoms with Crippen molar-refractivity contribution in [2.45, 2.75) is 45.8 Å². The molecule has 3 N–H and O–H groups in total. The Morgan fingerprint density at radius 1 is 1.12 bits per heavy atom. The maximum absolute atomic E-state index is 11.7. The van der Waals surface area contributed by atoms with E-state index in [2.05, 4.69) is 0 Å². The number of aromatic nitrogens is 1. The van der Waals surface area contributed by atoms with E-state index in [4.69, 9.17) is 24.9 Å². The van der Waals surface area contributed by atoms with Crippen LogP contribution in [0.2, 0.25) is 0 Å². The van der Waals surface area contributed by atoms with Crippen molar-refractivity contribution in [2.75, 3.05) is 20.8 Å². The number of fused-ring (bicyclic) bond motifs is 1. The number of benzene rings is 2.